The molecule has 0 unspecified atom stereocenters. The van der Waals surface area contributed by atoms with E-state index in [2.05, 4.69) is 5.32 Å². The van der Waals surface area contributed by atoms with Crippen molar-refractivity contribution in [1.82, 2.24) is 5.32 Å². The van der Waals surface area contributed by atoms with E-state index in [9.17, 15) is 24.5 Å². The number of nitro benzene ring substituents is 1. The van der Waals surface area contributed by atoms with Gasteiger partial charge in [0, 0.05) is 35.0 Å². The summed E-state index contributed by atoms with van der Waals surface area (Å²) in [6, 6.07) is 5.79. The van der Waals surface area contributed by atoms with Gasteiger partial charge in [0.25, 0.3) is 5.69 Å². The highest BCUT2D eigenvalue weighted by molar-refractivity contribution is 6.12. The zero-order valence-electron chi connectivity index (χ0n) is 20.5. The second-order valence-corrected chi connectivity index (χ2v) is 8.94. The summed E-state index contributed by atoms with van der Waals surface area (Å²) in [6.45, 7) is 7.39. The smallest absolute Gasteiger partial charge is 0.336 e. The monoisotopic (exact) mass is 486 g/mol. The minimum absolute atomic E-state index is 0.00286. The highest BCUT2D eigenvalue weighted by Crippen LogP contribution is 2.45. The fraction of sp³-hybridized carbons (Fsp3) is 0.480. The van der Waals surface area contributed by atoms with E-state index >= 15 is 0 Å². The van der Waals surface area contributed by atoms with Crippen LogP contribution in [0.4, 0.5) is 5.69 Å². The Morgan fingerprint density at radius 3 is 2.60 bits per heavy atom. The number of carbonyl (C=O) groups excluding carboxylic acids is 3. The molecule has 0 saturated carbocycles. The lowest BCUT2D eigenvalue weighted by Crippen LogP contribution is -2.43. The summed E-state index contributed by atoms with van der Waals surface area (Å²) in [5.41, 5.74) is 1.63. The molecule has 1 N–H and O–H groups in total. The van der Waals surface area contributed by atoms with Gasteiger partial charge in [-0.2, -0.15) is 0 Å². The molecule has 10 nitrogen and oxygen atoms in total. The third-order valence-electron chi connectivity index (χ3n) is 6.14. The van der Waals surface area contributed by atoms with Gasteiger partial charge in [-0.05, 0) is 38.7 Å². The predicted octanol–water partition coefficient (Wildman–Crippen LogP) is 3.18. The van der Waals surface area contributed by atoms with Gasteiger partial charge in [-0.3, -0.25) is 19.7 Å². The number of methoxy groups -OCH3 is 1. The van der Waals surface area contributed by atoms with Crippen molar-refractivity contribution < 1.29 is 33.5 Å². The van der Waals surface area contributed by atoms with E-state index in [-0.39, 0.29) is 42.1 Å². The van der Waals surface area contributed by atoms with Gasteiger partial charge in [0.1, 0.15) is 12.5 Å². The topological polar surface area (TPSA) is 134 Å². The van der Waals surface area contributed by atoms with Crippen LogP contribution in [0.25, 0.3) is 0 Å². The maximum atomic E-state index is 13.7. The molecule has 0 spiro atoms. The standard InChI is InChI=1S/C25H30N2O8/c1-13(2)34-9-10-35-25(30)20-15(4)26-18-11-14(3)19(24(29)33-5)23(28)22(18)21(20)16-7-6-8-17(12-16)27(31)32/h6-8,12-14,19,21,26H,9-11H2,1-5H3/t14-,19+,21+/m0/s1. The van der Waals surface area contributed by atoms with Gasteiger partial charge in [-0.15, -0.1) is 0 Å². The Morgan fingerprint density at radius 2 is 1.97 bits per heavy atom. The quantitative estimate of drug-likeness (QED) is 0.193. The highest BCUT2D eigenvalue weighted by atomic mass is 16.6. The van der Waals surface area contributed by atoms with Crippen molar-refractivity contribution in [3.05, 3.63) is 62.5 Å². The molecule has 0 amide bonds. The van der Waals surface area contributed by atoms with Crippen LogP contribution in [0.15, 0.2) is 46.8 Å². The molecule has 1 aromatic carbocycles. The number of ketones is 1. The summed E-state index contributed by atoms with van der Waals surface area (Å²) in [4.78, 5) is 50.3. The Hall–Kier alpha value is -3.53. The number of allylic oxidation sites excluding steroid dienone is 3. The van der Waals surface area contributed by atoms with E-state index in [0.29, 0.717) is 23.4 Å². The van der Waals surface area contributed by atoms with Crippen LogP contribution in [0, 0.1) is 22.0 Å². The first-order chi connectivity index (χ1) is 16.6. The molecule has 2 aliphatic rings. The number of Topliss-reactive ketones (excluding diaryl/α,β-unsaturated/α-hetero) is 1. The highest BCUT2D eigenvalue weighted by Gasteiger charge is 2.47. The third kappa shape index (κ3) is 5.43. The van der Waals surface area contributed by atoms with Gasteiger partial charge in [0.2, 0.25) is 0 Å². The summed E-state index contributed by atoms with van der Waals surface area (Å²) in [5, 5.41) is 14.6. The van der Waals surface area contributed by atoms with Crippen LogP contribution in [0.5, 0.6) is 0 Å². The van der Waals surface area contributed by atoms with Crippen molar-refractivity contribution in [3.8, 4) is 0 Å². The first-order valence-electron chi connectivity index (χ1n) is 11.4. The zero-order chi connectivity index (χ0) is 25.9. The molecule has 1 heterocycles. The van der Waals surface area contributed by atoms with Gasteiger partial charge < -0.3 is 19.5 Å². The second kappa shape index (κ2) is 10.8. The summed E-state index contributed by atoms with van der Waals surface area (Å²) in [5.74, 6) is -4.13. The fourth-order valence-corrected chi connectivity index (χ4v) is 4.60. The number of carbonyl (C=O) groups is 3. The van der Waals surface area contributed by atoms with Crippen LogP contribution in [0.1, 0.15) is 45.6 Å². The zero-order valence-corrected chi connectivity index (χ0v) is 20.5. The molecule has 35 heavy (non-hydrogen) atoms. The minimum atomic E-state index is -1.04. The van der Waals surface area contributed by atoms with Crippen LogP contribution in [0.2, 0.25) is 0 Å². The molecule has 1 aliphatic heterocycles. The Kier molecular flexibility index (Phi) is 8.06. The Balaban J connectivity index is 2.09. The van der Waals surface area contributed by atoms with Gasteiger partial charge in [0.15, 0.2) is 5.78 Å². The fourth-order valence-electron chi connectivity index (χ4n) is 4.60. The molecule has 0 aromatic heterocycles. The molecule has 0 radical (unpaired) electrons. The van der Waals surface area contributed by atoms with E-state index in [1.165, 1.54) is 25.3 Å². The summed E-state index contributed by atoms with van der Waals surface area (Å²) in [6.07, 6.45) is 0.335. The van der Waals surface area contributed by atoms with Gasteiger partial charge in [-0.25, -0.2) is 4.79 Å². The minimum Gasteiger partial charge on any atom is -0.468 e. The molecule has 0 saturated heterocycles. The molecular weight excluding hydrogens is 456 g/mol. The molecular formula is C25H30N2O8. The van der Waals surface area contributed by atoms with Gasteiger partial charge in [0.05, 0.1) is 30.3 Å². The summed E-state index contributed by atoms with van der Waals surface area (Å²) < 4.78 is 15.7. The van der Waals surface area contributed by atoms with Crippen LogP contribution in [0.3, 0.4) is 0 Å². The predicted molar refractivity (Wildman–Crippen MR) is 125 cm³/mol. The molecule has 188 valence electrons. The van der Waals surface area contributed by atoms with E-state index in [1.807, 2.05) is 13.8 Å². The lowest BCUT2D eigenvalue weighted by atomic mass is 9.69. The Morgan fingerprint density at radius 1 is 1.26 bits per heavy atom. The largest absolute Gasteiger partial charge is 0.468 e. The first kappa shape index (κ1) is 26.1. The number of dihydropyridines is 1. The third-order valence-corrected chi connectivity index (χ3v) is 6.14. The Labute approximate surface area is 203 Å². The number of rotatable bonds is 8. The normalized spacial score (nSPS) is 22.0. The first-order valence-corrected chi connectivity index (χ1v) is 11.4. The van der Waals surface area contributed by atoms with E-state index < -0.39 is 34.5 Å². The number of esters is 2. The summed E-state index contributed by atoms with van der Waals surface area (Å²) in [7, 11) is 1.22. The number of ether oxygens (including phenoxy) is 3. The lowest BCUT2D eigenvalue weighted by Gasteiger charge is -2.38. The lowest BCUT2D eigenvalue weighted by molar-refractivity contribution is -0.384. The average Bonchev–Trinajstić information content (AvgIpc) is 2.80. The molecule has 10 heteroatoms. The number of nitro groups is 1. The maximum absolute atomic E-state index is 13.7. The molecule has 1 aromatic rings. The van der Waals surface area contributed by atoms with E-state index in [4.69, 9.17) is 14.2 Å². The number of nitrogens with zero attached hydrogens (tertiary/aromatic N) is 1. The average molecular weight is 487 g/mol. The second-order valence-electron chi connectivity index (χ2n) is 8.94. The van der Waals surface area contributed by atoms with Crippen LogP contribution in [-0.4, -0.2) is 49.1 Å². The SMILES string of the molecule is COC(=O)[C@H]1C(=O)C2=C(C[C@@H]1C)NC(C)=C(C(=O)OCCOC(C)C)[C@H]2c1cccc([N+](=O)[O-])c1. The number of nitrogens with one attached hydrogen (secondary N) is 1. The van der Waals surface area contributed by atoms with Crippen LogP contribution in [-0.2, 0) is 28.6 Å². The van der Waals surface area contributed by atoms with Gasteiger partial charge >= 0.3 is 11.9 Å². The number of non-ortho nitro benzene ring substituents is 1. The summed E-state index contributed by atoms with van der Waals surface area (Å²) >= 11 is 0. The van der Waals surface area contributed by atoms with Crippen molar-refractivity contribution in [2.45, 2.75) is 46.1 Å². The Bertz CT molecular complexity index is 1100. The van der Waals surface area contributed by atoms with E-state index in [1.54, 1.807) is 19.9 Å². The van der Waals surface area contributed by atoms with E-state index in [0.717, 1.165) is 0 Å². The number of benzene rings is 1. The molecule has 3 atom stereocenters. The number of hydrogen-bond donors (Lipinski definition) is 1. The van der Waals surface area contributed by atoms with Crippen LogP contribution < -0.4 is 5.32 Å². The molecule has 0 fully saturated rings. The van der Waals surface area contributed by atoms with Crippen molar-refractivity contribution in [2.75, 3.05) is 20.3 Å². The van der Waals surface area contributed by atoms with Crippen molar-refractivity contribution >= 4 is 23.4 Å². The molecule has 1 aliphatic carbocycles. The molecule has 3 rings (SSSR count). The molecule has 0 bridgehead atoms. The maximum Gasteiger partial charge on any atom is 0.336 e. The van der Waals surface area contributed by atoms with Crippen LogP contribution >= 0.6 is 0 Å². The number of hydrogen-bond acceptors (Lipinski definition) is 9. The van der Waals surface area contributed by atoms with Crippen molar-refractivity contribution in [3.63, 3.8) is 0 Å². The van der Waals surface area contributed by atoms with Crippen molar-refractivity contribution in [2.24, 2.45) is 11.8 Å². The van der Waals surface area contributed by atoms with Gasteiger partial charge in [-0.1, -0.05) is 19.1 Å². The van der Waals surface area contributed by atoms with Crippen molar-refractivity contribution in [1.29, 1.82) is 0 Å².